The third-order valence-corrected chi connectivity index (χ3v) is 3.72. The van der Waals surface area contributed by atoms with Gasteiger partial charge in [0, 0.05) is 24.8 Å². The van der Waals surface area contributed by atoms with E-state index in [9.17, 15) is 0 Å². The number of hydrogen-bond acceptors (Lipinski definition) is 3. The quantitative estimate of drug-likeness (QED) is 0.852. The van der Waals surface area contributed by atoms with Crippen molar-refractivity contribution in [3.8, 4) is 5.75 Å². The van der Waals surface area contributed by atoms with Crippen LogP contribution < -0.4 is 15.4 Å². The van der Waals surface area contributed by atoms with Crippen LogP contribution in [0.3, 0.4) is 0 Å². The van der Waals surface area contributed by atoms with E-state index in [0.717, 1.165) is 25.3 Å². The van der Waals surface area contributed by atoms with Crippen molar-refractivity contribution in [2.24, 2.45) is 11.7 Å². The molecule has 0 aromatic heterocycles. The van der Waals surface area contributed by atoms with Crippen LogP contribution in [0.25, 0.3) is 0 Å². The van der Waals surface area contributed by atoms with Crippen LogP contribution in [-0.2, 0) is 0 Å². The number of rotatable bonds is 2. The number of anilines is 1. The summed E-state index contributed by atoms with van der Waals surface area (Å²) in [5, 5.41) is 0. The number of nitrogens with zero attached hydrogens (tertiary/aromatic N) is 1. The maximum absolute atomic E-state index is 6.05. The topological polar surface area (TPSA) is 38.5 Å². The van der Waals surface area contributed by atoms with E-state index in [1.807, 2.05) is 6.07 Å². The largest absolute Gasteiger partial charge is 0.496 e. The molecule has 0 amide bonds. The van der Waals surface area contributed by atoms with Gasteiger partial charge in [-0.25, -0.2) is 0 Å². The fourth-order valence-electron chi connectivity index (χ4n) is 2.46. The Morgan fingerprint density at radius 1 is 1.41 bits per heavy atom. The van der Waals surface area contributed by atoms with E-state index < -0.39 is 0 Å². The zero-order chi connectivity index (χ0) is 12.4. The number of nitrogens with two attached hydrogens (primary N) is 1. The summed E-state index contributed by atoms with van der Waals surface area (Å²) in [6.07, 6.45) is 1.08. The van der Waals surface area contributed by atoms with Gasteiger partial charge in [-0.2, -0.15) is 0 Å². The van der Waals surface area contributed by atoms with Crippen LogP contribution in [0.2, 0.25) is 0 Å². The summed E-state index contributed by atoms with van der Waals surface area (Å²) in [4.78, 5) is 2.42. The van der Waals surface area contributed by atoms with Crippen molar-refractivity contribution >= 4 is 5.69 Å². The molecule has 1 aliphatic heterocycles. The van der Waals surface area contributed by atoms with Gasteiger partial charge < -0.3 is 15.4 Å². The summed E-state index contributed by atoms with van der Waals surface area (Å²) in [6, 6.07) is 6.73. The van der Waals surface area contributed by atoms with Gasteiger partial charge in [0.1, 0.15) is 5.75 Å². The molecule has 0 spiro atoms. The molecule has 2 N–H and O–H groups in total. The first-order chi connectivity index (χ1) is 8.11. The lowest BCUT2D eigenvalue weighted by Gasteiger charge is -2.36. The lowest BCUT2D eigenvalue weighted by atomic mass is 9.94. The SMILES string of the molecule is COc1ccc(N2CCC(N)C(C)C2)cc1C. The standard InChI is InChI=1S/C14H22N2O/c1-10-8-12(4-5-14(10)17-3)16-7-6-13(15)11(2)9-16/h4-5,8,11,13H,6-7,9,15H2,1-3H3. The van der Waals surface area contributed by atoms with Crippen molar-refractivity contribution in [1.29, 1.82) is 0 Å². The second-order valence-electron chi connectivity index (χ2n) is 5.03. The average molecular weight is 234 g/mol. The van der Waals surface area contributed by atoms with E-state index in [4.69, 9.17) is 10.5 Å². The van der Waals surface area contributed by atoms with Crippen molar-refractivity contribution in [2.75, 3.05) is 25.1 Å². The third-order valence-electron chi connectivity index (χ3n) is 3.72. The van der Waals surface area contributed by atoms with E-state index in [1.54, 1.807) is 7.11 Å². The molecule has 94 valence electrons. The number of piperidine rings is 1. The maximum atomic E-state index is 6.05. The fraction of sp³-hybridized carbons (Fsp3) is 0.571. The highest BCUT2D eigenvalue weighted by molar-refractivity contribution is 5.53. The van der Waals surface area contributed by atoms with E-state index in [0.29, 0.717) is 12.0 Å². The van der Waals surface area contributed by atoms with Crippen molar-refractivity contribution in [2.45, 2.75) is 26.3 Å². The number of methoxy groups -OCH3 is 1. The summed E-state index contributed by atoms with van der Waals surface area (Å²) in [7, 11) is 1.71. The van der Waals surface area contributed by atoms with Gasteiger partial charge in [-0.1, -0.05) is 6.92 Å². The van der Waals surface area contributed by atoms with Gasteiger partial charge in [0.05, 0.1) is 7.11 Å². The van der Waals surface area contributed by atoms with Gasteiger partial charge in [-0.05, 0) is 43.0 Å². The second-order valence-corrected chi connectivity index (χ2v) is 5.03. The van der Waals surface area contributed by atoms with Crippen LogP contribution in [0.4, 0.5) is 5.69 Å². The first-order valence-corrected chi connectivity index (χ1v) is 6.27. The average Bonchev–Trinajstić information content (AvgIpc) is 2.32. The first-order valence-electron chi connectivity index (χ1n) is 6.27. The van der Waals surface area contributed by atoms with Gasteiger partial charge in [0.2, 0.25) is 0 Å². The summed E-state index contributed by atoms with van der Waals surface area (Å²) in [5.41, 5.74) is 8.51. The molecule has 2 atom stereocenters. The second kappa shape index (κ2) is 4.96. The molecule has 0 saturated carbocycles. The van der Waals surface area contributed by atoms with Gasteiger partial charge in [0.25, 0.3) is 0 Å². The van der Waals surface area contributed by atoms with Crippen molar-refractivity contribution in [3.05, 3.63) is 23.8 Å². The highest BCUT2D eigenvalue weighted by atomic mass is 16.5. The number of benzene rings is 1. The van der Waals surface area contributed by atoms with E-state index >= 15 is 0 Å². The van der Waals surface area contributed by atoms with Crippen LogP contribution in [0.5, 0.6) is 5.75 Å². The van der Waals surface area contributed by atoms with Gasteiger partial charge in [0.15, 0.2) is 0 Å². The van der Waals surface area contributed by atoms with Gasteiger partial charge in [-0.3, -0.25) is 0 Å². The van der Waals surface area contributed by atoms with E-state index in [2.05, 4.69) is 30.9 Å². The van der Waals surface area contributed by atoms with Crippen LogP contribution in [0, 0.1) is 12.8 Å². The third kappa shape index (κ3) is 2.55. The fourth-order valence-corrected chi connectivity index (χ4v) is 2.46. The van der Waals surface area contributed by atoms with Crippen LogP contribution in [0.1, 0.15) is 18.9 Å². The monoisotopic (exact) mass is 234 g/mol. The van der Waals surface area contributed by atoms with Gasteiger partial charge >= 0.3 is 0 Å². The Bertz CT molecular complexity index is 392. The Morgan fingerprint density at radius 2 is 2.18 bits per heavy atom. The van der Waals surface area contributed by atoms with Crippen molar-refractivity contribution in [1.82, 2.24) is 0 Å². The molecule has 3 nitrogen and oxygen atoms in total. The highest BCUT2D eigenvalue weighted by Gasteiger charge is 2.23. The Morgan fingerprint density at radius 3 is 2.76 bits per heavy atom. The molecule has 0 bridgehead atoms. The van der Waals surface area contributed by atoms with E-state index in [1.165, 1.54) is 11.3 Å². The summed E-state index contributed by atoms with van der Waals surface area (Å²) in [6.45, 7) is 6.42. The van der Waals surface area contributed by atoms with Crippen LogP contribution in [0.15, 0.2) is 18.2 Å². The molecular formula is C14H22N2O. The molecule has 0 aliphatic carbocycles. The molecule has 1 aromatic carbocycles. The summed E-state index contributed by atoms with van der Waals surface area (Å²) in [5.74, 6) is 1.52. The number of aryl methyl sites for hydroxylation is 1. The minimum Gasteiger partial charge on any atom is -0.496 e. The smallest absolute Gasteiger partial charge is 0.121 e. The normalized spacial score (nSPS) is 24.8. The maximum Gasteiger partial charge on any atom is 0.121 e. The lowest BCUT2D eigenvalue weighted by molar-refractivity contribution is 0.382. The molecule has 1 saturated heterocycles. The summed E-state index contributed by atoms with van der Waals surface area (Å²) >= 11 is 0. The minimum atomic E-state index is 0.352. The summed E-state index contributed by atoms with van der Waals surface area (Å²) < 4.78 is 5.29. The Kier molecular flexibility index (Phi) is 3.57. The molecule has 1 aliphatic rings. The zero-order valence-corrected chi connectivity index (χ0v) is 10.9. The number of ether oxygens (including phenoxy) is 1. The molecule has 0 radical (unpaired) electrons. The molecule has 2 rings (SSSR count). The minimum absolute atomic E-state index is 0.352. The molecular weight excluding hydrogens is 212 g/mol. The highest BCUT2D eigenvalue weighted by Crippen LogP contribution is 2.27. The van der Waals surface area contributed by atoms with Crippen LogP contribution in [-0.4, -0.2) is 26.2 Å². The molecule has 1 fully saturated rings. The Labute approximate surface area is 104 Å². The first kappa shape index (κ1) is 12.2. The van der Waals surface area contributed by atoms with Crippen molar-refractivity contribution in [3.63, 3.8) is 0 Å². The predicted molar refractivity (Wildman–Crippen MR) is 71.7 cm³/mol. The molecule has 3 heteroatoms. The molecule has 2 unspecified atom stereocenters. The predicted octanol–water partition coefficient (Wildman–Crippen LogP) is 2.18. The lowest BCUT2D eigenvalue weighted by Crippen LogP contribution is -2.45. The molecule has 1 heterocycles. The Balaban J connectivity index is 2.15. The molecule has 1 aromatic rings. The zero-order valence-electron chi connectivity index (χ0n) is 10.9. The van der Waals surface area contributed by atoms with E-state index in [-0.39, 0.29) is 0 Å². The van der Waals surface area contributed by atoms with Crippen LogP contribution >= 0.6 is 0 Å². The Hall–Kier alpha value is -1.22. The molecule has 17 heavy (non-hydrogen) atoms. The van der Waals surface area contributed by atoms with Gasteiger partial charge in [-0.15, -0.1) is 0 Å². The van der Waals surface area contributed by atoms with Crippen molar-refractivity contribution < 1.29 is 4.74 Å². The number of hydrogen-bond donors (Lipinski definition) is 1.